The smallest absolute Gasteiger partial charge is 0.356 e. The number of nitrogens with one attached hydrogen (secondary N) is 1. The van der Waals surface area contributed by atoms with Gasteiger partial charge in [-0.3, -0.25) is 4.98 Å². The van der Waals surface area contributed by atoms with E-state index in [1.807, 2.05) is 12.1 Å². The predicted octanol–water partition coefficient (Wildman–Crippen LogP) is 4.68. The summed E-state index contributed by atoms with van der Waals surface area (Å²) in [6, 6.07) is 13.2. The molecule has 6 nitrogen and oxygen atoms in total. The van der Waals surface area contributed by atoms with E-state index in [-0.39, 0.29) is 5.69 Å². The number of rotatable bonds is 5. The number of aliphatic hydroxyl groups excluding tert-OH is 1. The first kappa shape index (κ1) is 19.5. The molecule has 0 saturated heterocycles. The molecule has 0 radical (unpaired) electrons. The summed E-state index contributed by atoms with van der Waals surface area (Å²) in [5.74, 6) is 0.0895. The van der Waals surface area contributed by atoms with Crippen LogP contribution in [-0.4, -0.2) is 33.1 Å². The second-order valence-corrected chi connectivity index (χ2v) is 8.03. The fraction of sp³-hybridized carbons (Fsp3) is 0.240. The van der Waals surface area contributed by atoms with E-state index in [0.29, 0.717) is 11.6 Å². The maximum atomic E-state index is 11.9. The summed E-state index contributed by atoms with van der Waals surface area (Å²) in [6.45, 7) is 2.12. The molecule has 156 valence electrons. The van der Waals surface area contributed by atoms with Crippen LogP contribution in [0.25, 0.3) is 22.2 Å². The number of hydrogen-bond acceptors (Lipinski definition) is 5. The molecule has 5 rings (SSSR count). The minimum Gasteiger partial charge on any atom is -0.464 e. The molecule has 1 unspecified atom stereocenters. The minimum absolute atomic E-state index is 0.161. The van der Waals surface area contributed by atoms with Crippen LogP contribution in [0.3, 0.4) is 0 Å². The summed E-state index contributed by atoms with van der Waals surface area (Å²) < 4.78 is 4.78. The number of fused-ring (bicyclic) bond motifs is 1. The number of aromatic nitrogens is 3. The van der Waals surface area contributed by atoms with Crippen LogP contribution in [0.4, 0.5) is 0 Å². The molecular weight excluding hydrogens is 390 g/mol. The number of aliphatic hydroxyl groups is 1. The predicted molar refractivity (Wildman–Crippen MR) is 118 cm³/mol. The molecule has 1 aliphatic carbocycles. The summed E-state index contributed by atoms with van der Waals surface area (Å²) in [5, 5.41) is 12.4. The van der Waals surface area contributed by atoms with Crippen LogP contribution in [0.5, 0.6) is 0 Å². The van der Waals surface area contributed by atoms with E-state index >= 15 is 0 Å². The van der Waals surface area contributed by atoms with E-state index in [0.717, 1.165) is 27.7 Å². The van der Waals surface area contributed by atoms with Gasteiger partial charge in [0, 0.05) is 34.4 Å². The molecule has 0 aliphatic heterocycles. The van der Waals surface area contributed by atoms with E-state index in [9.17, 15) is 9.90 Å². The number of methoxy groups -OCH3 is 1. The number of aromatic amines is 1. The van der Waals surface area contributed by atoms with Crippen LogP contribution in [-0.2, 0) is 4.74 Å². The van der Waals surface area contributed by atoms with Crippen molar-refractivity contribution in [3.8, 4) is 11.3 Å². The first-order chi connectivity index (χ1) is 15.1. The Morgan fingerprint density at radius 1 is 1.23 bits per heavy atom. The Hall–Kier alpha value is -3.51. The Labute approximate surface area is 179 Å². The normalized spacial score (nSPS) is 14.5. The molecule has 6 heteroatoms. The number of nitrogens with zero attached hydrogens (tertiary/aromatic N) is 2. The van der Waals surface area contributed by atoms with Gasteiger partial charge in [0.05, 0.1) is 18.5 Å². The number of pyridine rings is 2. The fourth-order valence-corrected chi connectivity index (χ4v) is 4.21. The highest BCUT2D eigenvalue weighted by atomic mass is 16.5. The van der Waals surface area contributed by atoms with Crippen molar-refractivity contribution in [2.45, 2.75) is 31.8 Å². The second-order valence-electron chi connectivity index (χ2n) is 8.03. The van der Waals surface area contributed by atoms with Gasteiger partial charge in [0.2, 0.25) is 0 Å². The summed E-state index contributed by atoms with van der Waals surface area (Å²) in [6.07, 6.45) is 4.91. The summed E-state index contributed by atoms with van der Waals surface area (Å²) in [4.78, 5) is 24.1. The molecule has 2 N–H and O–H groups in total. The van der Waals surface area contributed by atoms with Gasteiger partial charge in [-0.15, -0.1) is 0 Å². The maximum Gasteiger partial charge on any atom is 0.356 e. The van der Waals surface area contributed by atoms with E-state index in [1.54, 1.807) is 30.6 Å². The molecule has 4 aromatic rings. The molecule has 0 bridgehead atoms. The number of H-pyrrole nitrogens is 1. The van der Waals surface area contributed by atoms with E-state index in [1.165, 1.54) is 31.1 Å². The molecule has 0 spiro atoms. The fourth-order valence-electron chi connectivity index (χ4n) is 4.21. The Morgan fingerprint density at radius 3 is 2.77 bits per heavy atom. The van der Waals surface area contributed by atoms with Gasteiger partial charge in [0.1, 0.15) is 11.8 Å². The first-order valence-corrected chi connectivity index (χ1v) is 10.4. The highest BCUT2D eigenvalue weighted by molar-refractivity contribution is 5.93. The lowest BCUT2D eigenvalue weighted by atomic mass is 9.95. The lowest BCUT2D eigenvalue weighted by Crippen LogP contribution is -2.09. The standard InChI is InChI=1S/C25H23N3O3/c1-14-11-18-21(12-17(14)15-8-9-15)28-23(16-5-4-10-26-13-16)22(18)24(29)19-6-3-7-20(27-19)25(30)31-2/h3-7,10-13,15,24,28-29H,8-9H2,1-2H3. The number of carbonyl (C=O) groups is 1. The monoisotopic (exact) mass is 413 g/mol. The van der Waals surface area contributed by atoms with Gasteiger partial charge in [-0.1, -0.05) is 6.07 Å². The summed E-state index contributed by atoms with van der Waals surface area (Å²) in [5.41, 5.74) is 6.50. The van der Waals surface area contributed by atoms with Gasteiger partial charge in [-0.2, -0.15) is 0 Å². The zero-order chi connectivity index (χ0) is 21.5. The van der Waals surface area contributed by atoms with Crippen LogP contribution < -0.4 is 0 Å². The van der Waals surface area contributed by atoms with Crippen molar-refractivity contribution in [3.05, 3.63) is 82.9 Å². The lowest BCUT2D eigenvalue weighted by molar-refractivity contribution is 0.0593. The molecule has 3 aromatic heterocycles. The van der Waals surface area contributed by atoms with Crippen LogP contribution in [0.1, 0.15) is 57.7 Å². The van der Waals surface area contributed by atoms with Crippen molar-refractivity contribution in [3.63, 3.8) is 0 Å². The third-order valence-corrected chi connectivity index (χ3v) is 5.91. The lowest BCUT2D eigenvalue weighted by Gasteiger charge is -2.14. The van der Waals surface area contributed by atoms with E-state index < -0.39 is 12.1 Å². The van der Waals surface area contributed by atoms with Gasteiger partial charge in [-0.25, -0.2) is 9.78 Å². The van der Waals surface area contributed by atoms with Crippen molar-refractivity contribution in [2.75, 3.05) is 7.11 Å². The summed E-state index contributed by atoms with van der Waals surface area (Å²) >= 11 is 0. The molecule has 1 aliphatic rings. The quantitative estimate of drug-likeness (QED) is 0.464. The van der Waals surface area contributed by atoms with Crippen molar-refractivity contribution in [1.29, 1.82) is 0 Å². The third kappa shape index (κ3) is 3.49. The van der Waals surface area contributed by atoms with Gasteiger partial charge >= 0.3 is 5.97 Å². The van der Waals surface area contributed by atoms with Crippen LogP contribution in [0.2, 0.25) is 0 Å². The number of hydrogen-bond donors (Lipinski definition) is 2. The SMILES string of the molecule is COC(=O)c1cccc(C(O)c2c(-c3cccnc3)[nH]c3cc(C4CC4)c(C)cc23)n1. The van der Waals surface area contributed by atoms with E-state index in [4.69, 9.17) is 4.74 Å². The number of ether oxygens (including phenoxy) is 1. The Kier molecular flexibility index (Phi) is 4.79. The van der Waals surface area contributed by atoms with Crippen LogP contribution in [0.15, 0.2) is 54.9 Å². The molecule has 1 saturated carbocycles. The second kappa shape index (κ2) is 7.63. The topological polar surface area (TPSA) is 88.1 Å². The maximum absolute atomic E-state index is 11.9. The number of benzene rings is 1. The number of esters is 1. The Morgan fingerprint density at radius 2 is 2.06 bits per heavy atom. The van der Waals surface area contributed by atoms with E-state index in [2.05, 4.69) is 34.0 Å². The van der Waals surface area contributed by atoms with Gasteiger partial charge in [0.15, 0.2) is 0 Å². The Bertz CT molecular complexity index is 1280. The zero-order valence-electron chi connectivity index (χ0n) is 17.4. The molecule has 1 atom stereocenters. The molecule has 1 fully saturated rings. The van der Waals surface area contributed by atoms with Crippen molar-refractivity contribution in [1.82, 2.24) is 15.0 Å². The Balaban J connectivity index is 1.70. The van der Waals surface area contributed by atoms with Crippen molar-refractivity contribution >= 4 is 16.9 Å². The van der Waals surface area contributed by atoms with Crippen molar-refractivity contribution in [2.24, 2.45) is 0 Å². The largest absolute Gasteiger partial charge is 0.464 e. The number of carbonyl (C=O) groups excluding carboxylic acids is 1. The molecule has 3 heterocycles. The van der Waals surface area contributed by atoms with Gasteiger partial charge < -0.3 is 14.8 Å². The highest BCUT2D eigenvalue weighted by Gasteiger charge is 2.28. The zero-order valence-corrected chi connectivity index (χ0v) is 17.4. The summed E-state index contributed by atoms with van der Waals surface area (Å²) in [7, 11) is 1.31. The minimum atomic E-state index is -1.03. The molecular formula is C25H23N3O3. The van der Waals surface area contributed by atoms with Gasteiger partial charge in [-0.05, 0) is 73.2 Å². The van der Waals surface area contributed by atoms with Gasteiger partial charge in [0.25, 0.3) is 0 Å². The molecule has 0 amide bonds. The molecule has 1 aromatic carbocycles. The average Bonchev–Trinajstić information content (AvgIpc) is 3.59. The highest BCUT2D eigenvalue weighted by Crippen LogP contribution is 2.44. The number of aryl methyl sites for hydroxylation is 1. The van der Waals surface area contributed by atoms with Crippen molar-refractivity contribution < 1.29 is 14.6 Å². The average molecular weight is 413 g/mol. The molecule has 31 heavy (non-hydrogen) atoms. The third-order valence-electron chi connectivity index (χ3n) is 5.91. The first-order valence-electron chi connectivity index (χ1n) is 10.4. The van der Waals surface area contributed by atoms with Crippen LogP contribution in [0, 0.1) is 6.92 Å². The van der Waals surface area contributed by atoms with Crippen LogP contribution >= 0.6 is 0 Å².